The van der Waals surface area contributed by atoms with Gasteiger partial charge in [-0.3, -0.25) is 9.78 Å². The Hall–Kier alpha value is -2.52. The van der Waals surface area contributed by atoms with E-state index in [9.17, 15) is 31.1 Å². The number of piperidine rings is 1. The van der Waals surface area contributed by atoms with Gasteiger partial charge in [-0.15, -0.1) is 0 Å². The standard InChI is InChI=1S/C18H14F6N2O2/c1-28-14(27)15-7-16(15,18(22,23)24)9-26(8-15)12-5-4-11(17(19,20)21)13-10(12)3-2-6-25-13/h2-6H,7-9H2,1H3/t15-,16-/m0/s1. The molecule has 0 amide bonds. The molecule has 0 radical (unpaired) electrons. The van der Waals surface area contributed by atoms with Crippen LogP contribution in [-0.2, 0) is 15.7 Å². The van der Waals surface area contributed by atoms with Crippen LogP contribution in [-0.4, -0.2) is 37.3 Å². The molecule has 2 heterocycles. The van der Waals surface area contributed by atoms with Crippen LogP contribution in [0.1, 0.15) is 12.0 Å². The van der Waals surface area contributed by atoms with Crippen LogP contribution >= 0.6 is 0 Å². The minimum Gasteiger partial charge on any atom is -0.469 e. The van der Waals surface area contributed by atoms with Crippen molar-refractivity contribution in [3.05, 3.63) is 36.0 Å². The van der Waals surface area contributed by atoms with Gasteiger partial charge in [-0.1, -0.05) is 0 Å². The van der Waals surface area contributed by atoms with Crippen LogP contribution in [0.4, 0.5) is 32.0 Å². The van der Waals surface area contributed by atoms with E-state index in [2.05, 4.69) is 9.72 Å². The summed E-state index contributed by atoms with van der Waals surface area (Å²) in [6, 6.07) is 4.73. The number of nitrogens with zero attached hydrogens (tertiary/aromatic N) is 2. The predicted octanol–water partition coefficient (Wildman–Crippen LogP) is 4.19. The van der Waals surface area contributed by atoms with Gasteiger partial charge in [0.1, 0.15) is 10.8 Å². The van der Waals surface area contributed by atoms with E-state index in [1.54, 1.807) is 0 Å². The highest BCUT2D eigenvalue weighted by atomic mass is 19.4. The number of methoxy groups -OCH3 is 1. The predicted molar refractivity (Wildman–Crippen MR) is 86.5 cm³/mol. The van der Waals surface area contributed by atoms with Gasteiger partial charge in [0.05, 0.1) is 18.2 Å². The molecule has 1 saturated heterocycles. The molecule has 2 atom stereocenters. The molecular formula is C18H14F6N2O2. The second kappa shape index (κ2) is 5.51. The fourth-order valence-electron chi connectivity index (χ4n) is 4.41. The Morgan fingerprint density at radius 1 is 1.14 bits per heavy atom. The molecule has 1 aromatic heterocycles. The number of esters is 1. The molecule has 2 aliphatic rings. The largest absolute Gasteiger partial charge is 0.469 e. The zero-order chi connectivity index (χ0) is 20.5. The quantitative estimate of drug-likeness (QED) is 0.556. The number of aromatic nitrogens is 1. The number of ether oxygens (including phenoxy) is 1. The van der Waals surface area contributed by atoms with Gasteiger partial charge in [0.15, 0.2) is 0 Å². The molecule has 150 valence electrons. The molecule has 0 N–H and O–H groups in total. The monoisotopic (exact) mass is 404 g/mol. The molecule has 1 aliphatic heterocycles. The van der Waals surface area contributed by atoms with Crippen molar-refractivity contribution in [3.63, 3.8) is 0 Å². The summed E-state index contributed by atoms with van der Waals surface area (Å²) >= 11 is 0. The summed E-state index contributed by atoms with van der Waals surface area (Å²) < 4.78 is 85.7. The van der Waals surface area contributed by atoms with Crippen molar-refractivity contribution in [2.24, 2.45) is 10.8 Å². The first-order valence-electron chi connectivity index (χ1n) is 8.32. The first-order chi connectivity index (χ1) is 13.0. The van der Waals surface area contributed by atoms with E-state index in [1.807, 2.05) is 0 Å². The number of halogens is 6. The van der Waals surface area contributed by atoms with Crippen molar-refractivity contribution in [3.8, 4) is 0 Å². The van der Waals surface area contributed by atoms with Gasteiger partial charge >= 0.3 is 18.3 Å². The van der Waals surface area contributed by atoms with Crippen molar-refractivity contribution >= 4 is 22.6 Å². The third kappa shape index (κ3) is 2.32. The lowest BCUT2D eigenvalue weighted by Gasteiger charge is -2.26. The Labute approximate surface area is 155 Å². The number of anilines is 1. The van der Waals surface area contributed by atoms with Crippen molar-refractivity contribution in [2.45, 2.75) is 18.8 Å². The summed E-state index contributed by atoms with van der Waals surface area (Å²) in [5.74, 6) is -0.957. The van der Waals surface area contributed by atoms with E-state index in [4.69, 9.17) is 0 Å². The summed E-state index contributed by atoms with van der Waals surface area (Å²) in [7, 11) is 1.02. The number of carbonyl (C=O) groups is 1. The normalized spacial score (nSPS) is 27.0. The molecule has 0 spiro atoms. The Bertz CT molecular complexity index is 973. The molecule has 1 aromatic carbocycles. The Morgan fingerprint density at radius 2 is 1.86 bits per heavy atom. The Morgan fingerprint density at radius 3 is 2.46 bits per heavy atom. The van der Waals surface area contributed by atoms with Crippen LogP contribution in [0.25, 0.3) is 10.9 Å². The molecular weight excluding hydrogens is 390 g/mol. The lowest BCUT2D eigenvalue weighted by Crippen LogP contribution is -2.35. The summed E-state index contributed by atoms with van der Waals surface area (Å²) in [4.78, 5) is 17.2. The molecule has 0 bridgehead atoms. The second-order valence-electron chi connectivity index (χ2n) is 7.22. The summed E-state index contributed by atoms with van der Waals surface area (Å²) in [6.07, 6.45) is -8.49. The van der Waals surface area contributed by atoms with Crippen LogP contribution in [0.3, 0.4) is 0 Å². The van der Waals surface area contributed by atoms with Gasteiger partial charge in [0, 0.05) is 30.4 Å². The van der Waals surface area contributed by atoms with Crippen molar-refractivity contribution < 1.29 is 35.9 Å². The van der Waals surface area contributed by atoms with Crippen molar-refractivity contribution in [2.75, 3.05) is 25.1 Å². The van der Waals surface area contributed by atoms with Crippen LogP contribution in [0, 0.1) is 10.8 Å². The molecule has 28 heavy (non-hydrogen) atoms. The maximum absolute atomic E-state index is 13.8. The Balaban J connectivity index is 1.82. The third-order valence-electron chi connectivity index (χ3n) is 5.83. The van der Waals surface area contributed by atoms with Gasteiger partial charge < -0.3 is 9.64 Å². The van der Waals surface area contributed by atoms with Gasteiger partial charge in [-0.05, 0) is 30.7 Å². The van der Waals surface area contributed by atoms with Crippen molar-refractivity contribution in [1.82, 2.24) is 4.98 Å². The topological polar surface area (TPSA) is 42.4 Å². The average Bonchev–Trinajstić information content (AvgIpc) is 3.17. The molecule has 10 heteroatoms. The van der Waals surface area contributed by atoms with E-state index in [1.165, 1.54) is 23.2 Å². The summed E-state index contributed by atoms with van der Waals surface area (Å²) in [5, 5.41) is 0.0796. The number of hydrogen-bond donors (Lipinski definition) is 0. The fraction of sp³-hybridized carbons (Fsp3) is 0.444. The van der Waals surface area contributed by atoms with Crippen LogP contribution in [0.5, 0.6) is 0 Å². The fourth-order valence-corrected chi connectivity index (χ4v) is 4.41. The zero-order valence-electron chi connectivity index (χ0n) is 14.5. The van der Waals surface area contributed by atoms with Crippen LogP contribution in [0.2, 0.25) is 0 Å². The first-order valence-corrected chi connectivity index (χ1v) is 8.32. The van der Waals surface area contributed by atoms with Crippen molar-refractivity contribution in [1.29, 1.82) is 0 Å². The lowest BCUT2D eigenvalue weighted by molar-refractivity contribution is -0.195. The highest BCUT2D eigenvalue weighted by Gasteiger charge is 2.87. The van der Waals surface area contributed by atoms with Gasteiger partial charge in [0.2, 0.25) is 0 Å². The molecule has 2 fully saturated rings. The van der Waals surface area contributed by atoms with E-state index < -0.39 is 41.3 Å². The molecule has 4 nitrogen and oxygen atoms in total. The van der Waals surface area contributed by atoms with Crippen LogP contribution in [0.15, 0.2) is 30.5 Å². The Kier molecular flexibility index (Phi) is 3.71. The highest BCUT2D eigenvalue weighted by Crippen LogP contribution is 2.75. The second-order valence-corrected chi connectivity index (χ2v) is 7.22. The summed E-state index contributed by atoms with van der Waals surface area (Å²) in [5.41, 5.74) is -5.14. The number of hydrogen-bond acceptors (Lipinski definition) is 4. The maximum Gasteiger partial charge on any atom is 0.418 e. The third-order valence-corrected chi connectivity index (χ3v) is 5.83. The number of rotatable bonds is 2. The lowest BCUT2D eigenvalue weighted by atomic mass is 9.96. The number of pyridine rings is 1. The molecule has 4 rings (SSSR count). The first kappa shape index (κ1) is 18.8. The zero-order valence-corrected chi connectivity index (χ0v) is 14.5. The minimum absolute atomic E-state index is 0.0796. The number of alkyl halides is 6. The maximum atomic E-state index is 13.8. The smallest absolute Gasteiger partial charge is 0.418 e. The van der Waals surface area contributed by atoms with Crippen LogP contribution < -0.4 is 4.90 Å². The molecule has 1 aliphatic carbocycles. The SMILES string of the molecule is COC(=O)[C@]12CN(c3ccc(C(F)(F)F)c4ncccc34)C[C@@]1(C(F)(F)F)C2. The van der Waals surface area contributed by atoms with Gasteiger partial charge in [0.25, 0.3) is 0 Å². The van der Waals surface area contributed by atoms with E-state index in [-0.39, 0.29) is 29.6 Å². The van der Waals surface area contributed by atoms with Gasteiger partial charge in [-0.2, -0.15) is 26.3 Å². The number of benzene rings is 1. The van der Waals surface area contributed by atoms with Gasteiger partial charge in [-0.25, -0.2) is 0 Å². The van der Waals surface area contributed by atoms with E-state index >= 15 is 0 Å². The number of carbonyl (C=O) groups excluding carboxylic acids is 1. The van der Waals surface area contributed by atoms with E-state index in [0.29, 0.717) is 0 Å². The van der Waals surface area contributed by atoms with E-state index in [0.717, 1.165) is 19.2 Å². The minimum atomic E-state index is -4.65. The molecule has 2 aromatic rings. The average molecular weight is 404 g/mol. The summed E-state index contributed by atoms with van der Waals surface area (Å²) in [6.45, 7) is -0.810. The molecule has 1 saturated carbocycles. The number of fused-ring (bicyclic) bond motifs is 2. The highest BCUT2D eigenvalue weighted by molar-refractivity contribution is 5.95. The molecule has 0 unspecified atom stereocenters.